The average molecular weight is 328 g/mol. The molecule has 0 saturated heterocycles. The molecule has 1 aliphatic rings. The molecule has 1 aromatic heterocycles. The van der Waals surface area contributed by atoms with E-state index in [0.29, 0.717) is 5.69 Å². The van der Waals surface area contributed by atoms with Crippen molar-refractivity contribution >= 4 is 23.4 Å². The van der Waals surface area contributed by atoms with E-state index in [0.717, 1.165) is 30.6 Å². The quantitative estimate of drug-likeness (QED) is 0.646. The van der Waals surface area contributed by atoms with Gasteiger partial charge >= 0.3 is 0 Å². The second-order valence-electron chi connectivity index (χ2n) is 5.66. The lowest BCUT2D eigenvalue weighted by Crippen LogP contribution is -2.25. The molecule has 4 nitrogen and oxygen atoms in total. The number of rotatable bonds is 6. The SMILES string of the molecule is CCCCN1SC(O)(CC(=O)c2ccccn2)c2ccccc21. The fourth-order valence-corrected chi connectivity index (χ4v) is 4.04. The Bertz CT molecular complexity index is 692. The number of benzene rings is 1. The first-order chi connectivity index (χ1) is 11.1. The van der Waals surface area contributed by atoms with Crippen molar-refractivity contribution in [1.82, 2.24) is 4.98 Å². The van der Waals surface area contributed by atoms with Gasteiger partial charge in [-0.3, -0.25) is 9.78 Å². The van der Waals surface area contributed by atoms with Crippen LogP contribution in [0.4, 0.5) is 5.69 Å². The van der Waals surface area contributed by atoms with Crippen LogP contribution in [0.3, 0.4) is 0 Å². The Kier molecular flexibility index (Phi) is 4.68. The summed E-state index contributed by atoms with van der Waals surface area (Å²) in [6, 6.07) is 13.0. The summed E-state index contributed by atoms with van der Waals surface area (Å²) in [5, 5.41) is 11.1. The Morgan fingerprint density at radius 1 is 1.26 bits per heavy atom. The molecule has 1 aliphatic heterocycles. The molecule has 2 aromatic rings. The van der Waals surface area contributed by atoms with E-state index in [-0.39, 0.29) is 12.2 Å². The van der Waals surface area contributed by atoms with E-state index in [1.54, 1.807) is 24.4 Å². The molecule has 0 radical (unpaired) electrons. The van der Waals surface area contributed by atoms with Crippen molar-refractivity contribution in [2.45, 2.75) is 31.1 Å². The number of hydrogen-bond acceptors (Lipinski definition) is 5. The maximum absolute atomic E-state index is 12.5. The molecule has 1 atom stereocenters. The van der Waals surface area contributed by atoms with E-state index in [1.165, 1.54) is 11.9 Å². The van der Waals surface area contributed by atoms with Gasteiger partial charge in [0.15, 0.2) is 10.7 Å². The molecular formula is C18H20N2O2S. The third-order valence-corrected chi connectivity index (χ3v) is 5.19. The molecule has 1 unspecified atom stereocenters. The molecule has 3 rings (SSSR count). The summed E-state index contributed by atoms with van der Waals surface area (Å²) in [6.45, 7) is 3.00. The summed E-state index contributed by atoms with van der Waals surface area (Å²) < 4.78 is 2.10. The summed E-state index contributed by atoms with van der Waals surface area (Å²) in [7, 11) is 0. The Morgan fingerprint density at radius 3 is 2.78 bits per heavy atom. The van der Waals surface area contributed by atoms with Gasteiger partial charge in [-0.1, -0.05) is 37.6 Å². The maximum atomic E-state index is 12.5. The molecule has 0 bridgehead atoms. The van der Waals surface area contributed by atoms with Crippen LogP contribution in [0.15, 0.2) is 48.7 Å². The van der Waals surface area contributed by atoms with E-state index in [4.69, 9.17) is 0 Å². The van der Waals surface area contributed by atoms with E-state index < -0.39 is 4.93 Å². The number of para-hydroxylation sites is 1. The normalized spacial score (nSPS) is 19.7. The summed E-state index contributed by atoms with van der Waals surface area (Å²) >= 11 is 1.34. The Hall–Kier alpha value is -1.85. The fourth-order valence-electron chi connectivity index (χ4n) is 2.73. The third-order valence-electron chi connectivity index (χ3n) is 3.92. The monoisotopic (exact) mass is 328 g/mol. The molecule has 0 fully saturated rings. The van der Waals surface area contributed by atoms with Crippen LogP contribution in [0, 0.1) is 0 Å². The minimum absolute atomic E-state index is 0.0221. The first-order valence-corrected chi connectivity index (χ1v) is 8.64. The van der Waals surface area contributed by atoms with Crippen molar-refractivity contribution < 1.29 is 9.90 Å². The number of hydrogen-bond donors (Lipinski definition) is 1. The number of ketones is 1. The van der Waals surface area contributed by atoms with Crippen LogP contribution < -0.4 is 4.31 Å². The maximum Gasteiger partial charge on any atom is 0.185 e. The number of fused-ring (bicyclic) bond motifs is 1. The molecule has 1 aromatic carbocycles. The fraction of sp³-hybridized carbons (Fsp3) is 0.333. The largest absolute Gasteiger partial charge is 0.373 e. The zero-order chi connectivity index (χ0) is 16.3. The highest BCUT2D eigenvalue weighted by Gasteiger charge is 2.43. The second-order valence-corrected chi connectivity index (χ2v) is 6.96. The van der Waals surface area contributed by atoms with E-state index in [9.17, 15) is 9.90 Å². The van der Waals surface area contributed by atoms with Crippen LogP contribution in [0.1, 0.15) is 42.2 Å². The molecule has 120 valence electrons. The summed E-state index contributed by atoms with van der Waals surface area (Å²) in [4.78, 5) is 15.4. The number of pyridine rings is 1. The van der Waals surface area contributed by atoms with E-state index >= 15 is 0 Å². The average Bonchev–Trinajstić information content (AvgIpc) is 2.86. The highest BCUT2D eigenvalue weighted by Crippen LogP contribution is 2.52. The molecule has 0 saturated carbocycles. The van der Waals surface area contributed by atoms with Crippen molar-refractivity contribution in [2.24, 2.45) is 0 Å². The number of aliphatic hydroxyl groups is 1. The van der Waals surface area contributed by atoms with Crippen molar-refractivity contribution in [3.63, 3.8) is 0 Å². The van der Waals surface area contributed by atoms with Crippen molar-refractivity contribution in [3.05, 3.63) is 59.9 Å². The van der Waals surface area contributed by atoms with Crippen LogP contribution in [0.2, 0.25) is 0 Å². The molecule has 5 heteroatoms. The van der Waals surface area contributed by atoms with Gasteiger partial charge in [0, 0.05) is 18.3 Å². The van der Waals surface area contributed by atoms with Crippen LogP contribution in [0.5, 0.6) is 0 Å². The summed E-state index contributed by atoms with van der Waals surface area (Å²) in [5.74, 6) is -0.146. The first kappa shape index (κ1) is 16.0. The number of carbonyl (C=O) groups excluding carboxylic acids is 1. The molecular weight excluding hydrogens is 308 g/mol. The van der Waals surface area contributed by atoms with Crippen LogP contribution in [-0.2, 0) is 4.93 Å². The minimum atomic E-state index is -1.22. The predicted octanol–water partition coefficient (Wildman–Crippen LogP) is 3.77. The number of anilines is 1. The minimum Gasteiger partial charge on any atom is -0.373 e. The highest BCUT2D eigenvalue weighted by atomic mass is 32.2. The van der Waals surface area contributed by atoms with E-state index in [2.05, 4.69) is 16.2 Å². The van der Waals surface area contributed by atoms with Gasteiger partial charge in [0.1, 0.15) is 5.69 Å². The van der Waals surface area contributed by atoms with Gasteiger partial charge in [0.2, 0.25) is 0 Å². The highest BCUT2D eigenvalue weighted by molar-refractivity contribution is 8.01. The van der Waals surface area contributed by atoms with Crippen LogP contribution >= 0.6 is 11.9 Å². The summed E-state index contributed by atoms with van der Waals surface area (Å²) in [6.07, 6.45) is 3.75. The van der Waals surface area contributed by atoms with Gasteiger partial charge in [-0.15, -0.1) is 0 Å². The van der Waals surface area contributed by atoms with Crippen LogP contribution in [0.25, 0.3) is 0 Å². The molecule has 0 amide bonds. The van der Waals surface area contributed by atoms with Crippen molar-refractivity contribution in [1.29, 1.82) is 0 Å². The lowest BCUT2D eigenvalue weighted by atomic mass is 10.00. The standard InChI is InChI=1S/C18H20N2O2S/c1-2-3-12-20-16-10-5-4-8-14(16)18(22,23-20)13-17(21)15-9-6-7-11-19-15/h4-11,22H,2-3,12-13H2,1H3. The van der Waals surface area contributed by atoms with Crippen molar-refractivity contribution in [3.8, 4) is 0 Å². The second kappa shape index (κ2) is 6.72. The molecule has 0 spiro atoms. The number of unbranched alkanes of at least 4 members (excludes halogenated alkanes) is 1. The van der Waals surface area contributed by atoms with Crippen molar-refractivity contribution in [2.75, 3.05) is 10.8 Å². The molecule has 1 N–H and O–H groups in total. The Balaban J connectivity index is 1.85. The van der Waals surface area contributed by atoms with Crippen LogP contribution in [-0.4, -0.2) is 22.4 Å². The van der Waals surface area contributed by atoms with Gasteiger partial charge in [-0.05, 0) is 36.6 Å². The predicted molar refractivity (Wildman–Crippen MR) is 93.4 cm³/mol. The summed E-state index contributed by atoms with van der Waals surface area (Å²) in [5.41, 5.74) is 2.21. The third kappa shape index (κ3) is 3.26. The number of Topliss-reactive ketones (excluding diaryl/α,β-unsaturated/α-hetero) is 1. The van der Waals surface area contributed by atoms with Gasteiger partial charge in [-0.25, -0.2) is 0 Å². The first-order valence-electron chi connectivity index (χ1n) is 7.87. The molecule has 23 heavy (non-hydrogen) atoms. The topological polar surface area (TPSA) is 53.4 Å². The molecule has 0 aliphatic carbocycles. The number of aromatic nitrogens is 1. The number of nitrogens with zero attached hydrogens (tertiary/aromatic N) is 2. The Morgan fingerprint density at radius 2 is 2.04 bits per heavy atom. The molecule has 2 heterocycles. The lowest BCUT2D eigenvalue weighted by Gasteiger charge is -2.23. The smallest absolute Gasteiger partial charge is 0.185 e. The lowest BCUT2D eigenvalue weighted by molar-refractivity contribution is 0.0811. The zero-order valence-corrected chi connectivity index (χ0v) is 13.9. The van der Waals surface area contributed by atoms with Gasteiger partial charge in [0.05, 0.1) is 12.1 Å². The number of carbonyl (C=O) groups is 1. The zero-order valence-electron chi connectivity index (χ0n) is 13.1. The Labute approximate surface area is 140 Å². The van der Waals surface area contributed by atoms with E-state index in [1.807, 2.05) is 24.3 Å². The van der Waals surface area contributed by atoms with Gasteiger partial charge in [0.25, 0.3) is 0 Å². The van der Waals surface area contributed by atoms with Gasteiger partial charge in [-0.2, -0.15) is 0 Å². The van der Waals surface area contributed by atoms with Gasteiger partial charge < -0.3 is 9.41 Å².